The molecule has 0 aliphatic heterocycles. The van der Waals surface area contributed by atoms with Crippen LogP contribution in [0.4, 0.5) is 5.69 Å². The minimum Gasteiger partial charge on any atom is -0.495 e. The molecule has 21 heavy (non-hydrogen) atoms. The molecule has 1 amide bonds. The molecular formula is C15H15N3O2S. The highest BCUT2D eigenvalue weighted by atomic mass is 32.1. The second-order valence-electron chi connectivity index (χ2n) is 4.48. The fraction of sp³-hybridized carbons (Fsp3) is 0.133. The lowest BCUT2D eigenvalue weighted by molar-refractivity contribution is 0.102. The summed E-state index contributed by atoms with van der Waals surface area (Å²) in [5.41, 5.74) is 8.20. The second-order valence-corrected chi connectivity index (χ2v) is 4.92. The number of aromatic nitrogens is 1. The van der Waals surface area contributed by atoms with E-state index in [-0.39, 0.29) is 10.9 Å². The Morgan fingerprint density at radius 3 is 2.67 bits per heavy atom. The van der Waals surface area contributed by atoms with Crippen LogP contribution in [0.1, 0.15) is 21.5 Å². The van der Waals surface area contributed by atoms with E-state index in [0.717, 1.165) is 5.56 Å². The molecule has 0 atom stereocenters. The van der Waals surface area contributed by atoms with E-state index in [1.807, 2.05) is 6.92 Å². The number of thiocarbonyl (C=S) groups is 1. The van der Waals surface area contributed by atoms with Gasteiger partial charge >= 0.3 is 0 Å². The molecular weight excluding hydrogens is 286 g/mol. The van der Waals surface area contributed by atoms with Crippen molar-refractivity contribution in [3.05, 3.63) is 53.3 Å². The molecule has 108 valence electrons. The number of hydrogen-bond acceptors (Lipinski definition) is 4. The molecule has 2 aromatic rings. The maximum atomic E-state index is 12.2. The molecule has 0 aliphatic carbocycles. The Balaban J connectivity index is 2.27. The summed E-state index contributed by atoms with van der Waals surface area (Å²) in [5, 5.41) is 2.78. The molecule has 1 aromatic carbocycles. The number of ether oxygens (including phenoxy) is 1. The number of nitrogens with one attached hydrogen (secondary N) is 1. The van der Waals surface area contributed by atoms with E-state index < -0.39 is 0 Å². The lowest BCUT2D eigenvalue weighted by Crippen LogP contribution is -2.14. The van der Waals surface area contributed by atoms with Gasteiger partial charge in [-0.25, -0.2) is 0 Å². The molecule has 0 saturated heterocycles. The second kappa shape index (κ2) is 6.32. The predicted octanol–water partition coefficient (Wildman–Crippen LogP) is 2.29. The first-order chi connectivity index (χ1) is 10.0. The van der Waals surface area contributed by atoms with Crippen molar-refractivity contribution in [2.75, 3.05) is 12.4 Å². The van der Waals surface area contributed by atoms with Gasteiger partial charge in [0.1, 0.15) is 10.7 Å². The average Bonchev–Trinajstić information content (AvgIpc) is 2.47. The summed E-state index contributed by atoms with van der Waals surface area (Å²) in [4.78, 5) is 16.5. The normalized spacial score (nSPS) is 10.0. The molecule has 6 heteroatoms. The van der Waals surface area contributed by atoms with E-state index in [0.29, 0.717) is 22.6 Å². The van der Waals surface area contributed by atoms with Crippen molar-refractivity contribution in [2.45, 2.75) is 6.92 Å². The van der Waals surface area contributed by atoms with Gasteiger partial charge in [-0.05, 0) is 36.8 Å². The Bertz CT molecular complexity index is 701. The van der Waals surface area contributed by atoms with Gasteiger partial charge < -0.3 is 15.8 Å². The Kier molecular flexibility index (Phi) is 4.49. The van der Waals surface area contributed by atoms with Gasteiger partial charge in [-0.3, -0.25) is 9.78 Å². The standard InChI is InChI=1S/C15H15N3O2S/c1-9-5-11(8-17-7-9)15(19)18-12-4-3-10(14(16)21)6-13(12)20-2/h3-8H,1-2H3,(H2,16,21)(H,18,19). The van der Waals surface area contributed by atoms with Crippen molar-refractivity contribution < 1.29 is 9.53 Å². The maximum Gasteiger partial charge on any atom is 0.257 e. The largest absolute Gasteiger partial charge is 0.495 e. The molecule has 5 nitrogen and oxygen atoms in total. The Hall–Kier alpha value is -2.47. The minimum absolute atomic E-state index is 0.257. The number of benzene rings is 1. The highest BCUT2D eigenvalue weighted by Gasteiger charge is 2.11. The quantitative estimate of drug-likeness (QED) is 0.847. The van der Waals surface area contributed by atoms with Crippen LogP contribution in [-0.2, 0) is 0 Å². The first-order valence-corrected chi connectivity index (χ1v) is 6.63. The minimum atomic E-state index is -0.257. The van der Waals surface area contributed by atoms with Gasteiger partial charge in [0.15, 0.2) is 0 Å². The molecule has 0 aliphatic rings. The lowest BCUT2D eigenvalue weighted by Gasteiger charge is -2.11. The number of methoxy groups -OCH3 is 1. The Morgan fingerprint density at radius 2 is 2.05 bits per heavy atom. The van der Waals surface area contributed by atoms with Crippen LogP contribution in [0, 0.1) is 6.92 Å². The number of carbonyl (C=O) groups excluding carboxylic acids is 1. The molecule has 0 bridgehead atoms. The smallest absolute Gasteiger partial charge is 0.257 e. The summed E-state index contributed by atoms with van der Waals surface area (Å²) in [7, 11) is 1.52. The number of pyridine rings is 1. The Labute approximate surface area is 128 Å². The third kappa shape index (κ3) is 3.55. The lowest BCUT2D eigenvalue weighted by atomic mass is 10.1. The van der Waals surface area contributed by atoms with E-state index >= 15 is 0 Å². The van der Waals surface area contributed by atoms with Crippen molar-refractivity contribution in [3.63, 3.8) is 0 Å². The molecule has 0 fully saturated rings. The fourth-order valence-electron chi connectivity index (χ4n) is 1.82. The number of amides is 1. The average molecular weight is 301 g/mol. The number of nitrogens with zero attached hydrogens (tertiary/aromatic N) is 1. The Morgan fingerprint density at radius 1 is 1.29 bits per heavy atom. The molecule has 1 heterocycles. The van der Waals surface area contributed by atoms with Crippen LogP contribution in [0.3, 0.4) is 0 Å². The van der Waals surface area contributed by atoms with Gasteiger partial charge in [-0.1, -0.05) is 12.2 Å². The van der Waals surface area contributed by atoms with Gasteiger partial charge in [-0.2, -0.15) is 0 Å². The molecule has 0 unspecified atom stereocenters. The highest BCUT2D eigenvalue weighted by Crippen LogP contribution is 2.26. The number of rotatable bonds is 4. The molecule has 3 N–H and O–H groups in total. The summed E-state index contributed by atoms with van der Waals surface area (Å²) in [6, 6.07) is 6.88. The SMILES string of the molecule is COc1cc(C(N)=S)ccc1NC(=O)c1cncc(C)c1. The van der Waals surface area contributed by atoms with Crippen LogP contribution in [0.25, 0.3) is 0 Å². The van der Waals surface area contributed by atoms with Gasteiger partial charge in [0.05, 0.1) is 18.4 Å². The summed E-state index contributed by atoms with van der Waals surface area (Å²) in [5.74, 6) is 0.238. The molecule has 1 aromatic heterocycles. The first kappa shape index (κ1) is 14.9. The third-order valence-electron chi connectivity index (χ3n) is 2.87. The molecule has 0 saturated carbocycles. The van der Waals surface area contributed by atoms with Crippen LogP contribution in [-0.4, -0.2) is 23.0 Å². The van der Waals surface area contributed by atoms with Crippen LogP contribution in [0.5, 0.6) is 5.75 Å². The number of anilines is 1. The van der Waals surface area contributed by atoms with E-state index in [1.54, 1.807) is 30.5 Å². The molecule has 0 radical (unpaired) electrons. The van der Waals surface area contributed by atoms with Crippen LogP contribution in [0.15, 0.2) is 36.7 Å². The summed E-state index contributed by atoms with van der Waals surface area (Å²) < 4.78 is 5.25. The predicted molar refractivity (Wildman–Crippen MR) is 85.8 cm³/mol. The van der Waals surface area contributed by atoms with Crippen LogP contribution >= 0.6 is 12.2 Å². The zero-order valence-electron chi connectivity index (χ0n) is 11.7. The van der Waals surface area contributed by atoms with Crippen molar-refractivity contribution in [2.24, 2.45) is 5.73 Å². The van der Waals surface area contributed by atoms with Crippen LogP contribution < -0.4 is 15.8 Å². The fourth-order valence-corrected chi connectivity index (χ4v) is 1.95. The van der Waals surface area contributed by atoms with Crippen molar-refractivity contribution in [3.8, 4) is 5.75 Å². The monoisotopic (exact) mass is 301 g/mol. The van der Waals surface area contributed by atoms with E-state index in [2.05, 4.69) is 10.3 Å². The number of aryl methyl sites for hydroxylation is 1. The van der Waals surface area contributed by atoms with Crippen molar-refractivity contribution >= 4 is 28.8 Å². The van der Waals surface area contributed by atoms with E-state index in [9.17, 15) is 4.79 Å². The van der Waals surface area contributed by atoms with Crippen LogP contribution in [0.2, 0.25) is 0 Å². The number of hydrogen-bond donors (Lipinski definition) is 2. The molecule has 2 rings (SSSR count). The van der Waals surface area contributed by atoms with Crippen molar-refractivity contribution in [1.82, 2.24) is 4.98 Å². The topological polar surface area (TPSA) is 77.2 Å². The summed E-state index contributed by atoms with van der Waals surface area (Å²) >= 11 is 4.92. The third-order valence-corrected chi connectivity index (χ3v) is 3.11. The number of carbonyl (C=O) groups is 1. The van der Waals surface area contributed by atoms with Gasteiger partial charge in [-0.15, -0.1) is 0 Å². The van der Waals surface area contributed by atoms with Gasteiger partial charge in [0.2, 0.25) is 0 Å². The van der Waals surface area contributed by atoms with Gasteiger partial charge in [0, 0.05) is 18.0 Å². The van der Waals surface area contributed by atoms with E-state index in [4.69, 9.17) is 22.7 Å². The van der Waals surface area contributed by atoms with Crippen molar-refractivity contribution in [1.29, 1.82) is 0 Å². The first-order valence-electron chi connectivity index (χ1n) is 6.22. The number of nitrogens with two attached hydrogens (primary N) is 1. The zero-order chi connectivity index (χ0) is 15.4. The highest BCUT2D eigenvalue weighted by molar-refractivity contribution is 7.80. The molecule has 0 spiro atoms. The van der Waals surface area contributed by atoms with Gasteiger partial charge in [0.25, 0.3) is 5.91 Å². The summed E-state index contributed by atoms with van der Waals surface area (Å²) in [6.07, 6.45) is 3.20. The summed E-state index contributed by atoms with van der Waals surface area (Å²) in [6.45, 7) is 1.88. The zero-order valence-corrected chi connectivity index (χ0v) is 12.5. The maximum absolute atomic E-state index is 12.2. The van der Waals surface area contributed by atoms with E-state index in [1.165, 1.54) is 13.3 Å².